The highest BCUT2D eigenvalue weighted by molar-refractivity contribution is 6.24. The molecule has 0 aliphatic carbocycles. The highest BCUT2D eigenvalue weighted by Crippen LogP contribution is 2.32. The molecule has 1 aliphatic heterocycles. The number of ether oxygens (including phenoxy) is 1. The molecule has 1 N–H and O–H groups in total. The number of nitrogens with one attached hydrogen (secondary N) is 1. The molecule has 9 heteroatoms. The minimum atomic E-state index is -1.15. The van der Waals surface area contributed by atoms with Gasteiger partial charge in [-0.05, 0) is 51.5 Å². The van der Waals surface area contributed by atoms with Crippen LogP contribution in [-0.4, -0.2) is 39.7 Å². The molecule has 0 saturated carbocycles. The summed E-state index contributed by atoms with van der Waals surface area (Å²) >= 11 is 0. The Labute approximate surface area is 179 Å². The zero-order valence-electron chi connectivity index (χ0n) is 17.6. The van der Waals surface area contributed by atoms with E-state index in [0.717, 1.165) is 16.5 Å². The Balaban J connectivity index is 1.78. The van der Waals surface area contributed by atoms with Crippen LogP contribution in [0.4, 0.5) is 5.69 Å². The molecule has 0 bridgehead atoms. The summed E-state index contributed by atoms with van der Waals surface area (Å²) in [6.07, 6.45) is -0.00181. The molecular formula is C22H23N3O6. The summed E-state index contributed by atoms with van der Waals surface area (Å²) in [6.45, 7) is 7.00. The highest BCUT2D eigenvalue weighted by atomic mass is 16.6. The van der Waals surface area contributed by atoms with Crippen LogP contribution < -0.4 is 10.1 Å². The Hall–Kier alpha value is -3.75. The van der Waals surface area contributed by atoms with Crippen molar-refractivity contribution in [1.82, 2.24) is 10.2 Å². The summed E-state index contributed by atoms with van der Waals surface area (Å²) in [5.41, 5.74) is -0.0350. The molecule has 3 amide bonds. The van der Waals surface area contributed by atoms with Crippen molar-refractivity contribution in [1.29, 1.82) is 0 Å². The van der Waals surface area contributed by atoms with Crippen molar-refractivity contribution >= 4 is 23.4 Å². The van der Waals surface area contributed by atoms with Crippen LogP contribution in [0.3, 0.4) is 0 Å². The number of nitro benzene ring substituents is 1. The van der Waals surface area contributed by atoms with Crippen LogP contribution in [0, 0.1) is 10.1 Å². The Morgan fingerprint density at radius 1 is 1.06 bits per heavy atom. The van der Waals surface area contributed by atoms with Crippen LogP contribution >= 0.6 is 0 Å². The van der Waals surface area contributed by atoms with Gasteiger partial charge in [-0.3, -0.25) is 29.4 Å². The van der Waals surface area contributed by atoms with Crippen LogP contribution in [0.1, 0.15) is 60.0 Å². The fraction of sp³-hybridized carbons (Fsp3) is 0.318. The topological polar surface area (TPSA) is 119 Å². The second-order valence-corrected chi connectivity index (χ2v) is 7.58. The van der Waals surface area contributed by atoms with E-state index >= 15 is 0 Å². The number of imide groups is 1. The van der Waals surface area contributed by atoms with Crippen LogP contribution in [0.15, 0.2) is 42.5 Å². The van der Waals surface area contributed by atoms with Crippen molar-refractivity contribution in [3.63, 3.8) is 0 Å². The Kier molecular flexibility index (Phi) is 6.05. The third-order valence-electron chi connectivity index (χ3n) is 4.98. The number of amides is 3. The lowest BCUT2D eigenvalue weighted by molar-refractivity contribution is -0.385. The molecule has 31 heavy (non-hydrogen) atoms. The molecule has 2 unspecified atom stereocenters. The first-order valence-corrected chi connectivity index (χ1v) is 9.84. The van der Waals surface area contributed by atoms with Crippen molar-refractivity contribution in [2.75, 3.05) is 0 Å². The van der Waals surface area contributed by atoms with E-state index in [1.165, 1.54) is 19.1 Å². The first kappa shape index (κ1) is 21.9. The maximum atomic E-state index is 12.8. The minimum Gasteiger partial charge on any atom is -0.491 e. The smallest absolute Gasteiger partial charge is 0.282 e. The summed E-state index contributed by atoms with van der Waals surface area (Å²) in [6, 6.07) is 9.52. The SMILES string of the molecule is CC(C)Oc1cccc(C(C)NC(=O)C(C)N2C(=O)c3cccc([N+](=O)[O-])c3C2=O)c1. The fourth-order valence-electron chi connectivity index (χ4n) is 3.45. The largest absolute Gasteiger partial charge is 0.491 e. The number of nitro groups is 1. The fourth-order valence-corrected chi connectivity index (χ4v) is 3.45. The van der Waals surface area contributed by atoms with Gasteiger partial charge in [0.05, 0.1) is 22.6 Å². The van der Waals surface area contributed by atoms with Gasteiger partial charge in [0.15, 0.2) is 0 Å². The average molecular weight is 425 g/mol. The van der Waals surface area contributed by atoms with Crippen LogP contribution in [0.25, 0.3) is 0 Å². The quantitative estimate of drug-likeness (QED) is 0.413. The van der Waals surface area contributed by atoms with Gasteiger partial charge in [0.1, 0.15) is 17.4 Å². The van der Waals surface area contributed by atoms with E-state index in [2.05, 4.69) is 5.32 Å². The van der Waals surface area contributed by atoms with Gasteiger partial charge in [-0.1, -0.05) is 18.2 Å². The highest BCUT2D eigenvalue weighted by Gasteiger charge is 2.44. The lowest BCUT2D eigenvalue weighted by Crippen LogP contribution is -2.48. The van der Waals surface area contributed by atoms with E-state index in [4.69, 9.17) is 4.74 Å². The predicted octanol–water partition coefficient (Wildman–Crippen LogP) is 3.24. The van der Waals surface area contributed by atoms with Crippen molar-refractivity contribution in [2.45, 2.75) is 45.9 Å². The number of fused-ring (bicyclic) bond motifs is 1. The van der Waals surface area contributed by atoms with Crippen LogP contribution in [-0.2, 0) is 4.79 Å². The lowest BCUT2D eigenvalue weighted by Gasteiger charge is -2.24. The Morgan fingerprint density at radius 2 is 1.74 bits per heavy atom. The van der Waals surface area contributed by atoms with Crippen LogP contribution in [0.5, 0.6) is 5.75 Å². The van der Waals surface area contributed by atoms with Gasteiger partial charge in [0.2, 0.25) is 5.91 Å². The summed E-state index contributed by atoms with van der Waals surface area (Å²) in [4.78, 5) is 49.6. The first-order valence-electron chi connectivity index (χ1n) is 9.84. The molecule has 0 fully saturated rings. The number of hydrogen-bond acceptors (Lipinski definition) is 6. The zero-order chi connectivity index (χ0) is 22.9. The molecule has 2 aromatic carbocycles. The lowest BCUT2D eigenvalue weighted by atomic mass is 10.1. The maximum absolute atomic E-state index is 12.8. The van der Waals surface area contributed by atoms with Crippen LogP contribution in [0.2, 0.25) is 0 Å². The summed E-state index contributed by atoms with van der Waals surface area (Å²) < 4.78 is 5.67. The standard InChI is InChI=1S/C22H23N3O6/c1-12(2)31-16-8-5-7-15(11-16)13(3)23-20(26)14(4)24-21(27)17-9-6-10-18(25(29)30)19(17)22(24)28/h5-14H,1-4H3,(H,23,26). The maximum Gasteiger partial charge on any atom is 0.282 e. The van der Waals surface area contributed by atoms with Gasteiger partial charge in [-0.25, -0.2) is 0 Å². The third-order valence-corrected chi connectivity index (χ3v) is 4.98. The molecule has 1 heterocycles. The van der Waals surface area contributed by atoms with Crippen molar-refractivity contribution in [3.05, 3.63) is 69.3 Å². The van der Waals surface area contributed by atoms with E-state index in [1.54, 1.807) is 13.0 Å². The minimum absolute atomic E-state index is 0.00181. The van der Waals surface area contributed by atoms with Gasteiger partial charge in [-0.2, -0.15) is 0 Å². The van der Waals surface area contributed by atoms with Crippen molar-refractivity contribution in [2.24, 2.45) is 0 Å². The first-order chi connectivity index (χ1) is 14.6. The molecule has 162 valence electrons. The number of nitrogens with zero attached hydrogens (tertiary/aromatic N) is 2. The molecule has 2 aromatic rings. The second kappa shape index (κ2) is 8.55. The predicted molar refractivity (Wildman–Crippen MR) is 112 cm³/mol. The van der Waals surface area contributed by atoms with E-state index in [0.29, 0.717) is 5.75 Å². The Morgan fingerprint density at radius 3 is 2.39 bits per heavy atom. The van der Waals surface area contributed by atoms with Crippen molar-refractivity contribution in [3.8, 4) is 5.75 Å². The number of carbonyl (C=O) groups excluding carboxylic acids is 3. The molecule has 0 saturated heterocycles. The second-order valence-electron chi connectivity index (χ2n) is 7.58. The molecule has 0 radical (unpaired) electrons. The Bertz CT molecular complexity index is 1060. The molecule has 2 atom stereocenters. The molecule has 0 spiro atoms. The number of hydrogen-bond donors (Lipinski definition) is 1. The van der Waals surface area contributed by atoms with E-state index in [-0.39, 0.29) is 17.2 Å². The summed E-state index contributed by atoms with van der Waals surface area (Å²) in [7, 11) is 0. The normalized spacial score (nSPS) is 14.9. The molecule has 0 aromatic heterocycles. The van der Waals surface area contributed by atoms with Gasteiger partial charge >= 0.3 is 0 Å². The van der Waals surface area contributed by atoms with E-state index < -0.39 is 40.4 Å². The molecule has 1 aliphatic rings. The van der Waals surface area contributed by atoms with E-state index in [9.17, 15) is 24.5 Å². The van der Waals surface area contributed by atoms with Gasteiger partial charge < -0.3 is 10.1 Å². The number of rotatable bonds is 7. The zero-order valence-corrected chi connectivity index (χ0v) is 17.6. The molecule has 3 rings (SSSR count). The summed E-state index contributed by atoms with van der Waals surface area (Å²) in [5, 5.41) is 14.0. The molecule has 9 nitrogen and oxygen atoms in total. The van der Waals surface area contributed by atoms with Gasteiger partial charge in [0, 0.05) is 6.07 Å². The summed E-state index contributed by atoms with van der Waals surface area (Å²) in [5.74, 6) is -1.48. The van der Waals surface area contributed by atoms with Crippen molar-refractivity contribution < 1.29 is 24.0 Å². The number of benzene rings is 2. The van der Waals surface area contributed by atoms with E-state index in [1.807, 2.05) is 32.0 Å². The third kappa shape index (κ3) is 4.25. The average Bonchev–Trinajstić information content (AvgIpc) is 2.97. The van der Waals surface area contributed by atoms with Gasteiger partial charge in [0.25, 0.3) is 17.5 Å². The number of carbonyl (C=O) groups is 3. The monoisotopic (exact) mass is 425 g/mol. The molecular weight excluding hydrogens is 402 g/mol. The van der Waals surface area contributed by atoms with Gasteiger partial charge in [-0.15, -0.1) is 0 Å².